The zero-order valence-electron chi connectivity index (χ0n) is 21.8. The van der Waals surface area contributed by atoms with Crippen molar-refractivity contribution in [1.82, 2.24) is 25.0 Å². The minimum atomic E-state index is -0.456. The Morgan fingerprint density at radius 3 is 2.61 bits per heavy atom. The van der Waals surface area contributed by atoms with Crippen LogP contribution in [0.4, 0.5) is 10.6 Å². The van der Waals surface area contributed by atoms with Crippen LogP contribution in [0, 0.1) is 0 Å². The van der Waals surface area contributed by atoms with Crippen LogP contribution in [0.1, 0.15) is 18.4 Å². The Bertz CT molecular complexity index is 1290. The van der Waals surface area contributed by atoms with Gasteiger partial charge in [0.2, 0.25) is 11.8 Å². The lowest BCUT2D eigenvalue weighted by molar-refractivity contribution is -0.137. The first-order valence-electron chi connectivity index (χ1n) is 12.5. The van der Waals surface area contributed by atoms with Crippen LogP contribution in [0.3, 0.4) is 0 Å². The molecule has 5 rings (SSSR count). The summed E-state index contributed by atoms with van der Waals surface area (Å²) in [7, 11) is 4.71. The van der Waals surface area contributed by atoms with Crippen molar-refractivity contribution in [2.75, 3.05) is 52.5 Å². The van der Waals surface area contributed by atoms with Crippen molar-refractivity contribution in [2.45, 2.75) is 24.9 Å². The average Bonchev–Trinajstić information content (AvgIpc) is 3.57. The molecule has 2 fully saturated rings. The molecule has 0 radical (unpaired) electrons. The molecule has 1 aromatic carbocycles. The summed E-state index contributed by atoms with van der Waals surface area (Å²) < 4.78 is 16.0. The molecule has 1 spiro atoms. The zero-order valence-corrected chi connectivity index (χ0v) is 21.8. The minimum Gasteiger partial charge on any atom is -0.497 e. The smallest absolute Gasteiger partial charge is 0.326 e. The molecule has 38 heavy (non-hydrogen) atoms. The lowest BCUT2D eigenvalue weighted by atomic mass is 9.86. The van der Waals surface area contributed by atoms with Gasteiger partial charge in [-0.15, -0.1) is 0 Å². The second-order valence-electron chi connectivity index (χ2n) is 9.56. The lowest BCUT2D eigenvalue weighted by Gasteiger charge is -2.43. The first-order chi connectivity index (χ1) is 18.5. The van der Waals surface area contributed by atoms with Gasteiger partial charge in [0, 0.05) is 44.1 Å². The minimum absolute atomic E-state index is 0.0379. The fraction of sp³-hybridized carbons (Fsp3) is 0.407. The van der Waals surface area contributed by atoms with Crippen LogP contribution in [0.5, 0.6) is 11.6 Å². The second-order valence-corrected chi connectivity index (χ2v) is 9.56. The second kappa shape index (κ2) is 10.7. The van der Waals surface area contributed by atoms with Crippen molar-refractivity contribution in [3.63, 3.8) is 0 Å². The van der Waals surface area contributed by atoms with Gasteiger partial charge in [-0.2, -0.15) is 10.1 Å². The monoisotopic (exact) mass is 520 g/mol. The molecule has 0 atom stereocenters. The average molecular weight is 521 g/mol. The van der Waals surface area contributed by atoms with Gasteiger partial charge in [0.25, 0.3) is 0 Å². The number of likely N-dealkylation sites (tertiary alicyclic amines) is 1. The summed E-state index contributed by atoms with van der Waals surface area (Å²) in [5.74, 6) is 1.63. The molecular formula is C27H32N6O5. The molecule has 11 nitrogen and oxygen atoms in total. The van der Waals surface area contributed by atoms with Crippen LogP contribution in [0.25, 0.3) is 11.1 Å². The van der Waals surface area contributed by atoms with E-state index in [9.17, 15) is 9.59 Å². The summed E-state index contributed by atoms with van der Waals surface area (Å²) in [4.78, 5) is 36.6. The van der Waals surface area contributed by atoms with Crippen LogP contribution in [0.15, 0.2) is 48.8 Å². The third kappa shape index (κ3) is 4.76. The maximum absolute atomic E-state index is 14.0. The largest absolute Gasteiger partial charge is 0.497 e. The topological polar surface area (TPSA) is 113 Å². The molecular weight excluding hydrogens is 488 g/mol. The Kier molecular flexibility index (Phi) is 7.19. The normalized spacial score (nSPS) is 16.8. The number of carbonyl (C=O) groups excluding carboxylic acids is 2. The van der Waals surface area contributed by atoms with E-state index in [2.05, 4.69) is 10.2 Å². The van der Waals surface area contributed by atoms with Gasteiger partial charge in [0.05, 0.1) is 32.5 Å². The summed E-state index contributed by atoms with van der Waals surface area (Å²) in [6, 6.07) is 11.3. The van der Waals surface area contributed by atoms with E-state index in [0.29, 0.717) is 50.7 Å². The number of carbonyl (C=O) groups is 2. The van der Waals surface area contributed by atoms with Crippen molar-refractivity contribution < 1.29 is 23.8 Å². The van der Waals surface area contributed by atoms with E-state index in [0.717, 1.165) is 22.4 Å². The molecule has 0 unspecified atom stereocenters. The van der Waals surface area contributed by atoms with Crippen molar-refractivity contribution in [1.29, 1.82) is 0 Å². The highest BCUT2D eigenvalue weighted by Crippen LogP contribution is 2.40. The third-order valence-corrected chi connectivity index (χ3v) is 7.40. The fourth-order valence-corrected chi connectivity index (χ4v) is 5.33. The SMILES string of the molecule is COCC(=O)N1CCC2(CC1)CN(c1ccc(-c3cn[nH]c3)c(OC)n1)C(=O)N2Cc1cccc(OC)c1. The molecule has 2 aliphatic rings. The van der Waals surface area contributed by atoms with Gasteiger partial charge in [0.15, 0.2) is 0 Å². The highest BCUT2D eigenvalue weighted by molar-refractivity contribution is 5.95. The fourth-order valence-electron chi connectivity index (χ4n) is 5.33. The van der Waals surface area contributed by atoms with Crippen molar-refractivity contribution in [2.24, 2.45) is 0 Å². The van der Waals surface area contributed by atoms with E-state index < -0.39 is 5.54 Å². The first-order valence-corrected chi connectivity index (χ1v) is 12.5. The van der Waals surface area contributed by atoms with Crippen LogP contribution in [0.2, 0.25) is 0 Å². The van der Waals surface area contributed by atoms with Crippen molar-refractivity contribution in [3.8, 4) is 22.8 Å². The molecule has 11 heteroatoms. The van der Waals surface area contributed by atoms with Gasteiger partial charge in [-0.3, -0.25) is 14.8 Å². The Morgan fingerprint density at radius 1 is 1.11 bits per heavy atom. The number of aromatic nitrogens is 3. The summed E-state index contributed by atoms with van der Waals surface area (Å²) in [6.07, 6.45) is 4.77. The number of aromatic amines is 1. The molecule has 2 aromatic heterocycles. The molecule has 3 amide bonds. The van der Waals surface area contributed by atoms with Crippen molar-refractivity contribution in [3.05, 3.63) is 54.4 Å². The van der Waals surface area contributed by atoms with Crippen LogP contribution < -0.4 is 14.4 Å². The Morgan fingerprint density at radius 2 is 1.92 bits per heavy atom. The number of hydrogen-bond donors (Lipinski definition) is 1. The van der Waals surface area contributed by atoms with Gasteiger partial charge < -0.3 is 24.0 Å². The van der Waals surface area contributed by atoms with Gasteiger partial charge in [-0.1, -0.05) is 12.1 Å². The molecule has 0 saturated carbocycles. The maximum Gasteiger partial charge on any atom is 0.326 e. The lowest BCUT2D eigenvalue weighted by Crippen LogP contribution is -2.55. The number of pyridine rings is 1. The zero-order chi connectivity index (χ0) is 26.7. The molecule has 0 bridgehead atoms. The predicted octanol–water partition coefficient (Wildman–Crippen LogP) is 2.94. The highest BCUT2D eigenvalue weighted by atomic mass is 16.5. The van der Waals surface area contributed by atoms with E-state index in [1.165, 1.54) is 7.11 Å². The predicted molar refractivity (Wildman–Crippen MR) is 140 cm³/mol. The molecule has 0 aliphatic carbocycles. The summed E-state index contributed by atoms with van der Waals surface area (Å²) in [5, 5.41) is 6.81. The Labute approximate surface area is 221 Å². The summed E-state index contributed by atoms with van der Waals surface area (Å²) >= 11 is 0. The quantitative estimate of drug-likeness (QED) is 0.486. The van der Waals surface area contributed by atoms with E-state index >= 15 is 0 Å². The number of hydrogen-bond acceptors (Lipinski definition) is 7. The molecule has 2 aliphatic heterocycles. The number of H-pyrrole nitrogens is 1. The number of methoxy groups -OCH3 is 3. The van der Waals surface area contributed by atoms with Gasteiger partial charge in [-0.05, 0) is 42.7 Å². The van der Waals surface area contributed by atoms with Crippen LogP contribution in [-0.4, -0.2) is 90.0 Å². The van der Waals surface area contributed by atoms with E-state index in [4.69, 9.17) is 19.2 Å². The number of urea groups is 1. The van der Waals surface area contributed by atoms with Gasteiger partial charge >= 0.3 is 6.03 Å². The Balaban J connectivity index is 1.46. The molecule has 4 heterocycles. The number of rotatable bonds is 8. The number of amides is 3. The number of anilines is 1. The van der Waals surface area contributed by atoms with Gasteiger partial charge in [-0.25, -0.2) is 4.79 Å². The molecule has 3 aromatic rings. The van der Waals surface area contributed by atoms with Crippen molar-refractivity contribution >= 4 is 17.8 Å². The van der Waals surface area contributed by atoms with Crippen LogP contribution in [-0.2, 0) is 16.1 Å². The molecule has 200 valence electrons. The van der Waals surface area contributed by atoms with Crippen LogP contribution >= 0.6 is 0 Å². The van der Waals surface area contributed by atoms with E-state index in [1.807, 2.05) is 46.2 Å². The first kappa shape index (κ1) is 25.5. The van der Waals surface area contributed by atoms with Gasteiger partial charge in [0.1, 0.15) is 18.2 Å². The van der Waals surface area contributed by atoms with E-state index in [-0.39, 0.29) is 18.5 Å². The number of nitrogens with zero attached hydrogens (tertiary/aromatic N) is 5. The Hall–Kier alpha value is -4.12. The number of ether oxygens (including phenoxy) is 3. The summed E-state index contributed by atoms with van der Waals surface area (Å²) in [6.45, 7) is 2.03. The maximum atomic E-state index is 14.0. The molecule has 1 N–H and O–H groups in total. The number of piperidine rings is 1. The third-order valence-electron chi connectivity index (χ3n) is 7.40. The summed E-state index contributed by atoms with van der Waals surface area (Å²) in [5.41, 5.74) is 2.14. The number of nitrogens with one attached hydrogen (secondary N) is 1. The highest BCUT2D eigenvalue weighted by Gasteiger charge is 2.52. The van der Waals surface area contributed by atoms with E-state index in [1.54, 1.807) is 31.5 Å². The molecule has 2 saturated heterocycles. The number of benzene rings is 1. The standard InChI is InChI=1S/C27H32N6O5/c1-36-17-24(34)31-11-9-27(10-12-31)18-32(26(35)33(27)16-19-5-4-6-21(13-19)37-2)23-8-7-22(25(30-23)38-3)20-14-28-29-15-20/h4-8,13-15H,9-12,16-18H2,1-3H3,(H,28,29).